The number of carboxylic acids is 1. The Kier molecular flexibility index (Phi) is 3.14. The third kappa shape index (κ3) is 2.63. The molecule has 0 bridgehead atoms. The number of nitrogens with one attached hydrogen (secondary N) is 1. The van der Waals surface area contributed by atoms with E-state index in [1.807, 2.05) is 0 Å². The first-order valence-corrected chi connectivity index (χ1v) is 6.41. The van der Waals surface area contributed by atoms with Gasteiger partial charge in [-0.05, 0) is 24.3 Å². The molecule has 17 heavy (non-hydrogen) atoms. The van der Waals surface area contributed by atoms with Crippen molar-refractivity contribution in [3.8, 4) is 0 Å². The van der Waals surface area contributed by atoms with Gasteiger partial charge in [0.1, 0.15) is 0 Å². The summed E-state index contributed by atoms with van der Waals surface area (Å²) in [7, 11) is -3.59. The molecule has 0 spiro atoms. The number of ether oxygens (including phenoxy) is 1. The summed E-state index contributed by atoms with van der Waals surface area (Å²) < 4.78 is 30.9. The van der Waals surface area contributed by atoms with Crippen LogP contribution in [0.1, 0.15) is 10.4 Å². The van der Waals surface area contributed by atoms with Crippen LogP contribution in [-0.4, -0.2) is 38.7 Å². The Morgan fingerprint density at radius 2 is 1.88 bits per heavy atom. The zero-order valence-electron chi connectivity index (χ0n) is 8.79. The molecule has 0 aliphatic carbocycles. The van der Waals surface area contributed by atoms with E-state index in [9.17, 15) is 13.2 Å². The van der Waals surface area contributed by atoms with Gasteiger partial charge >= 0.3 is 5.97 Å². The van der Waals surface area contributed by atoms with E-state index in [4.69, 9.17) is 9.84 Å². The van der Waals surface area contributed by atoms with Gasteiger partial charge < -0.3 is 9.84 Å². The molecule has 2 N–H and O–H groups in total. The Morgan fingerprint density at radius 3 is 2.29 bits per heavy atom. The van der Waals surface area contributed by atoms with Gasteiger partial charge in [0, 0.05) is 0 Å². The van der Waals surface area contributed by atoms with E-state index in [0.717, 1.165) is 0 Å². The van der Waals surface area contributed by atoms with Crippen LogP contribution in [0.25, 0.3) is 0 Å². The minimum absolute atomic E-state index is 0.0504. The van der Waals surface area contributed by atoms with E-state index < -0.39 is 16.0 Å². The molecule has 0 saturated carbocycles. The molecule has 1 aliphatic heterocycles. The number of sulfonamides is 1. The molecule has 1 aliphatic rings. The summed E-state index contributed by atoms with van der Waals surface area (Å²) in [5.41, 5.74) is 0.0518. The summed E-state index contributed by atoms with van der Waals surface area (Å²) in [6.45, 7) is 0.735. The largest absolute Gasteiger partial charge is 0.478 e. The molecular weight excluding hydrogens is 246 g/mol. The summed E-state index contributed by atoms with van der Waals surface area (Å²) in [6, 6.07) is 4.86. The normalized spacial score (nSPS) is 16.5. The summed E-state index contributed by atoms with van der Waals surface area (Å²) >= 11 is 0. The van der Waals surface area contributed by atoms with Gasteiger partial charge in [-0.1, -0.05) is 0 Å². The molecule has 2 rings (SSSR count). The third-order valence-corrected chi connectivity index (χ3v) is 3.91. The minimum atomic E-state index is -3.59. The van der Waals surface area contributed by atoms with Crippen molar-refractivity contribution in [1.29, 1.82) is 0 Å². The van der Waals surface area contributed by atoms with Gasteiger partial charge in [-0.15, -0.1) is 0 Å². The van der Waals surface area contributed by atoms with Gasteiger partial charge in [-0.2, -0.15) is 0 Å². The number of rotatable bonds is 4. The highest BCUT2D eigenvalue weighted by molar-refractivity contribution is 7.89. The van der Waals surface area contributed by atoms with E-state index in [-0.39, 0.29) is 16.5 Å². The van der Waals surface area contributed by atoms with Gasteiger partial charge in [0.05, 0.1) is 29.7 Å². The van der Waals surface area contributed by atoms with Crippen LogP contribution in [0, 0.1) is 0 Å². The fraction of sp³-hybridized carbons (Fsp3) is 0.300. The molecule has 6 nitrogen and oxygen atoms in total. The first-order valence-electron chi connectivity index (χ1n) is 4.92. The summed E-state index contributed by atoms with van der Waals surface area (Å²) in [4.78, 5) is 10.7. The van der Waals surface area contributed by atoms with E-state index >= 15 is 0 Å². The zero-order valence-corrected chi connectivity index (χ0v) is 9.61. The number of carbonyl (C=O) groups is 1. The molecule has 1 aromatic carbocycles. The fourth-order valence-corrected chi connectivity index (χ4v) is 2.57. The predicted octanol–water partition coefficient (Wildman–Crippen LogP) is 0.0619. The molecule has 0 unspecified atom stereocenters. The quantitative estimate of drug-likeness (QED) is 0.795. The highest BCUT2D eigenvalue weighted by atomic mass is 32.2. The maximum atomic E-state index is 11.8. The number of benzene rings is 1. The maximum absolute atomic E-state index is 11.8. The summed E-state index contributed by atoms with van der Waals surface area (Å²) in [6.07, 6.45) is 0. The Bertz CT molecular complexity index is 518. The molecule has 92 valence electrons. The highest BCUT2D eigenvalue weighted by Gasteiger charge is 2.25. The van der Waals surface area contributed by atoms with Crippen molar-refractivity contribution in [3.05, 3.63) is 29.8 Å². The van der Waals surface area contributed by atoms with E-state index in [2.05, 4.69) is 4.72 Å². The molecule has 0 aromatic heterocycles. The Morgan fingerprint density at radius 1 is 1.29 bits per heavy atom. The maximum Gasteiger partial charge on any atom is 0.335 e. The van der Waals surface area contributed by atoms with Crippen molar-refractivity contribution in [2.45, 2.75) is 10.9 Å². The van der Waals surface area contributed by atoms with Crippen molar-refractivity contribution >= 4 is 16.0 Å². The van der Waals surface area contributed by atoms with E-state index in [0.29, 0.717) is 13.2 Å². The van der Waals surface area contributed by atoms with Crippen LogP contribution < -0.4 is 4.72 Å². The fourth-order valence-electron chi connectivity index (χ4n) is 1.37. The van der Waals surface area contributed by atoms with Crippen molar-refractivity contribution in [2.75, 3.05) is 13.2 Å². The molecule has 0 radical (unpaired) electrons. The number of hydrogen-bond donors (Lipinski definition) is 2. The Hall–Kier alpha value is -1.44. The lowest BCUT2D eigenvalue weighted by molar-refractivity contribution is 0.00482. The van der Waals surface area contributed by atoms with Gasteiger partial charge in [0.2, 0.25) is 10.0 Å². The van der Waals surface area contributed by atoms with Gasteiger partial charge in [0.15, 0.2) is 0 Å². The molecule has 1 aromatic rings. The average molecular weight is 257 g/mol. The Labute approximate surface area is 98.3 Å². The van der Waals surface area contributed by atoms with Crippen molar-refractivity contribution in [2.24, 2.45) is 0 Å². The standard InChI is InChI=1S/C10H11NO5S/c12-10(13)7-1-3-9(4-2-7)17(14,15)11-8-5-16-6-8/h1-4,8,11H,5-6H2,(H,12,13). The Balaban J connectivity index is 2.17. The van der Waals surface area contributed by atoms with Crippen LogP contribution in [0.5, 0.6) is 0 Å². The second kappa shape index (κ2) is 4.44. The zero-order chi connectivity index (χ0) is 12.5. The van der Waals surface area contributed by atoms with Crippen molar-refractivity contribution in [1.82, 2.24) is 4.72 Å². The second-order valence-electron chi connectivity index (χ2n) is 3.69. The lowest BCUT2D eigenvalue weighted by atomic mass is 10.2. The smallest absolute Gasteiger partial charge is 0.335 e. The lowest BCUT2D eigenvalue weighted by Gasteiger charge is -2.26. The molecule has 0 atom stereocenters. The van der Waals surface area contributed by atoms with Gasteiger partial charge in [-0.25, -0.2) is 17.9 Å². The molecular formula is C10H11NO5S. The van der Waals surface area contributed by atoms with E-state index in [1.54, 1.807) is 0 Å². The SMILES string of the molecule is O=C(O)c1ccc(S(=O)(=O)NC2COC2)cc1. The summed E-state index contributed by atoms with van der Waals surface area (Å²) in [5, 5.41) is 8.69. The van der Waals surface area contributed by atoms with Crippen molar-refractivity contribution < 1.29 is 23.1 Å². The highest BCUT2D eigenvalue weighted by Crippen LogP contribution is 2.12. The van der Waals surface area contributed by atoms with Gasteiger partial charge in [-0.3, -0.25) is 0 Å². The molecule has 1 saturated heterocycles. The number of hydrogen-bond acceptors (Lipinski definition) is 4. The number of aromatic carboxylic acids is 1. The molecule has 0 amide bonds. The molecule has 1 fully saturated rings. The van der Waals surface area contributed by atoms with Crippen molar-refractivity contribution in [3.63, 3.8) is 0 Å². The predicted molar refractivity (Wildman–Crippen MR) is 58.3 cm³/mol. The van der Waals surface area contributed by atoms with Crippen LogP contribution in [-0.2, 0) is 14.8 Å². The van der Waals surface area contributed by atoms with Gasteiger partial charge in [0.25, 0.3) is 0 Å². The van der Waals surface area contributed by atoms with Crippen LogP contribution in [0.3, 0.4) is 0 Å². The second-order valence-corrected chi connectivity index (χ2v) is 5.40. The summed E-state index contributed by atoms with van der Waals surface area (Å²) in [5.74, 6) is -1.09. The van der Waals surface area contributed by atoms with Crippen LogP contribution in [0.4, 0.5) is 0 Å². The number of carboxylic acid groups (broad SMARTS) is 1. The van der Waals surface area contributed by atoms with Crippen LogP contribution in [0.2, 0.25) is 0 Å². The van der Waals surface area contributed by atoms with Crippen LogP contribution >= 0.6 is 0 Å². The van der Waals surface area contributed by atoms with E-state index in [1.165, 1.54) is 24.3 Å². The molecule has 1 heterocycles. The first kappa shape index (κ1) is 12.0. The van der Waals surface area contributed by atoms with Crippen LogP contribution in [0.15, 0.2) is 29.2 Å². The monoisotopic (exact) mass is 257 g/mol. The first-order chi connectivity index (χ1) is 7.99. The third-order valence-electron chi connectivity index (χ3n) is 2.37. The topological polar surface area (TPSA) is 92.7 Å². The molecule has 7 heteroatoms. The average Bonchev–Trinajstić information content (AvgIpc) is 2.24. The lowest BCUT2D eigenvalue weighted by Crippen LogP contribution is -2.48. The minimum Gasteiger partial charge on any atom is -0.478 e.